The first-order chi connectivity index (χ1) is 21.0. The molecule has 0 heterocycles. The summed E-state index contributed by atoms with van der Waals surface area (Å²) in [6.07, 6.45) is 1.93. The fourth-order valence-electron chi connectivity index (χ4n) is 4.40. The highest BCUT2D eigenvalue weighted by atomic mass is 35.5. The van der Waals surface area contributed by atoms with Crippen molar-refractivity contribution >= 4 is 41.7 Å². The number of ether oxygens (including phenoxy) is 1. The van der Waals surface area contributed by atoms with Gasteiger partial charge in [-0.25, -0.2) is 0 Å². The molecule has 10 heteroatoms. The monoisotopic (exact) mass is 625 g/mol. The summed E-state index contributed by atoms with van der Waals surface area (Å²) in [5.74, 6) is 0.000300. The summed E-state index contributed by atoms with van der Waals surface area (Å²) in [6.45, 7) is 9.98. The van der Waals surface area contributed by atoms with Crippen LogP contribution in [0.2, 0.25) is 5.02 Å². The largest absolute Gasteiger partial charge is 0.493 e. The fraction of sp³-hybridized carbons (Fsp3) is 0.265. The molecule has 0 aliphatic carbocycles. The quantitative estimate of drug-likeness (QED) is 0.0848. The third-order valence-corrected chi connectivity index (χ3v) is 7.02. The van der Waals surface area contributed by atoms with Crippen LogP contribution in [0.5, 0.6) is 5.75 Å². The number of amides is 1. The number of carbonyl (C=O) groups is 2. The van der Waals surface area contributed by atoms with Crippen molar-refractivity contribution in [3.05, 3.63) is 112 Å². The molecule has 3 aromatic rings. The number of alkyl halides is 3. The van der Waals surface area contributed by atoms with E-state index in [4.69, 9.17) is 21.4 Å². The number of nitrogens with one attached hydrogen (secondary N) is 1. The van der Waals surface area contributed by atoms with Crippen molar-refractivity contribution in [1.29, 1.82) is 0 Å². The molecule has 0 fully saturated rings. The van der Waals surface area contributed by atoms with E-state index in [2.05, 4.69) is 11.9 Å². The van der Waals surface area contributed by atoms with Gasteiger partial charge in [0, 0.05) is 29.1 Å². The Balaban J connectivity index is 2.00. The maximum absolute atomic E-state index is 13.6. The predicted molar refractivity (Wildman–Crippen MR) is 170 cm³/mol. The number of hydrogen-bond donors (Lipinski definition) is 1. The standard InChI is InChI=1S/C34H35ClF3N3O3/c1-5-25-21-30(35)16-14-27(25)9-7-19-41(24(4)26-10-12-28(13-11-26)33(43)39-18-8-20-42)40-23(3)31-22-29(34(36,37)38)15-17-32(31)44-6-2/h5,7,9-17,20-22,24H,1,6,8,18-19H2,2-4H3,(H,39,43)/b9-7+,40-23+. The van der Waals surface area contributed by atoms with E-state index in [1.807, 2.05) is 25.1 Å². The first kappa shape index (κ1) is 34.1. The molecule has 1 unspecified atom stereocenters. The van der Waals surface area contributed by atoms with Gasteiger partial charge < -0.3 is 14.8 Å². The van der Waals surface area contributed by atoms with Crippen molar-refractivity contribution in [2.75, 3.05) is 19.7 Å². The Morgan fingerprint density at radius 3 is 2.48 bits per heavy atom. The van der Waals surface area contributed by atoms with Crippen molar-refractivity contribution in [2.45, 2.75) is 39.4 Å². The van der Waals surface area contributed by atoms with Crippen LogP contribution in [-0.4, -0.2) is 42.6 Å². The maximum Gasteiger partial charge on any atom is 0.416 e. The molecule has 1 atom stereocenters. The molecule has 0 radical (unpaired) electrons. The Morgan fingerprint density at radius 2 is 1.84 bits per heavy atom. The number of aldehydes is 1. The molecular formula is C34H35ClF3N3O3. The third kappa shape index (κ3) is 9.31. The zero-order chi connectivity index (χ0) is 32.3. The number of benzene rings is 3. The Kier molecular flexibility index (Phi) is 12.3. The summed E-state index contributed by atoms with van der Waals surface area (Å²) < 4.78 is 46.4. The van der Waals surface area contributed by atoms with Crippen LogP contribution in [0.3, 0.4) is 0 Å². The lowest BCUT2D eigenvalue weighted by atomic mass is 10.0. The molecule has 0 aliphatic heterocycles. The van der Waals surface area contributed by atoms with Gasteiger partial charge in [0.2, 0.25) is 0 Å². The van der Waals surface area contributed by atoms with Gasteiger partial charge in [-0.3, -0.25) is 9.80 Å². The maximum atomic E-state index is 13.6. The first-order valence-electron chi connectivity index (χ1n) is 14.0. The van der Waals surface area contributed by atoms with Gasteiger partial charge in [-0.1, -0.05) is 54.6 Å². The van der Waals surface area contributed by atoms with Crippen molar-refractivity contribution in [3.8, 4) is 5.75 Å². The molecule has 0 saturated carbocycles. The van der Waals surface area contributed by atoms with Gasteiger partial charge in [0.25, 0.3) is 5.91 Å². The van der Waals surface area contributed by atoms with Crippen LogP contribution in [0.25, 0.3) is 12.2 Å². The second-order valence-corrected chi connectivity index (χ2v) is 10.3. The highest BCUT2D eigenvalue weighted by Crippen LogP contribution is 2.33. The lowest BCUT2D eigenvalue weighted by Gasteiger charge is -2.27. The Hall–Kier alpha value is -4.37. The van der Waals surface area contributed by atoms with Crippen LogP contribution in [0, 0.1) is 0 Å². The number of carbonyl (C=O) groups excluding carboxylic acids is 2. The van der Waals surface area contributed by atoms with E-state index in [-0.39, 0.29) is 37.1 Å². The van der Waals surface area contributed by atoms with E-state index in [1.54, 1.807) is 61.3 Å². The number of halogens is 4. The van der Waals surface area contributed by atoms with Crippen molar-refractivity contribution < 1.29 is 27.5 Å². The fourth-order valence-corrected chi connectivity index (χ4v) is 4.58. The van der Waals surface area contributed by atoms with E-state index in [0.717, 1.165) is 35.1 Å². The zero-order valence-electron chi connectivity index (χ0n) is 24.8. The van der Waals surface area contributed by atoms with Crippen molar-refractivity contribution in [3.63, 3.8) is 0 Å². The van der Waals surface area contributed by atoms with Gasteiger partial charge in [0.05, 0.1) is 30.5 Å². The van der Waals surface area contributed by atoms with Gasteiger partial charge in [0.15, 0.2) is 0 Å². The SMILES string of the molecule is C=Cc1cc(Cl)ccc1/C=C/CN(/N=C(\C)c1cc(C(F)(F)F)ccc1OCC)C(C)c1ccc(C(=O)NCCC=O)cc1. The second kappa shape index (κ2) is 15.9. The Morgan fingerprint density at radius 1 is 1.11 bits per heavy atom. The number of rotatable bonds is 14. The Bertz CT molecular complexity index is 1520. The summed E-state index contributed by atoms with van der Waals surface area (Å²) >= 11 is 6.12. The number of hydrazone groups is 1. The molecular weight excluding hydrogens is 591 g/mol. The summed E-state index contributed by atoms with van der Waals surface area (Å²) in [7, 11) is 0. The molecule has 0 spiro atoms. The minimum absolute atomic E-state index is 0.224. The van der Waals surface area contributed by atoms with E-state index >= 15 is 0 Å². The van der Waals surface area contributed by atoms with E-state index in [0.29, 0.717) is 28.6 Å². The first-order valence-corrected chi connectivity index (χ1v) is 14.4. The van der Waals surface area contributed by atoms with Crippen LogP contribution >= 0.6 is 11.6 Å². The number of hydrogen-bond acceptors (Lipinski definition) is 5. The zero-order valence-corrected chi connectivity index (χ0v) is 25.6. The van der Waals surface area contributed by atoms with E-state index in [1.165, 1.54) is 6.07 Å². The highest BCUT2D eigenvalue weighted by Gasteiger charge is 2.31. The molecule has 0 aromatic heterocycles. The lowest BCUT2D eigenvalue weighted by molar-refractivity contribution is -0.137. The molecule has 3 rings (SSSR count). The van der Waals surface area contributed by atoms with Gasteiger partial charge in [-0.15, -0.1) is 0 Å². The molecule has 44 heavy (non-hydrogen) atoms. The van der Waals surface area contributed by atoms with Crippen LogP contribution in [0.15, 0.2) is 78.4 Å². The molecule has 6 nitrogen and oxygen atoms in total. The second-order valence-electron chi connectivity index (χ2n) is 9.84. The summed E-state index contributed by atoms with van der Waals surface area (Å²) in [5, 5.41) is 9.80. The topological polar surface area (TPSA) is 71.0 Å². The molecule has 0 aliphatic rings. The van der Waals surface area contributed by atoms with Crippen LogP contribution in [0.1, 0.15) is 71.4 Å². The van der Waals surface area contributed by atoms with Crippen molar-refractivity contribution in [1.82, 2.24) is 10.3 Å². The molecule has 232 valence electrons. The molecule has 0 saturated heterocycles. The minimum atomic E-state index is -4.53. The average molecular weight is 626 g/mol. The average Bonchev–Trinajstić information content (AvgIpc) is 3.00. The van der Waals surface area contributed by atoms with E-state index in [9.17, 15) is 22.8 Å². The van der Waals surface area contributed by atoms with Gasteiger partial charge in [0.1, 0.15) is 12.0 Å². The van der Waals surface area contributed by atoms with Gasteiger partial charge >= 0.3 is 6.18 Å². The smallest absolute Gasteiger partial charge is 0.416 e. The summed E-state index contributed by atoms with van der Waals surface area (Å²) in [6, 6.07) is 15.4. The van der Waals surface area contributed by atoms with E-state index < -0.39 is 11.7 Å². The van der Waals surface area contributed by atoms with Crippen LogP contribution in [0.4, 0.5) is 13.2 Å². The predicted octanol–water partition coefficient (Wildman–Crippen LogP) is 8.22. The van der Waals surface area contributed by atoms with Crippen LogP contribution < -0.4 is 10.1 Å². The molecule has 1 N–H and O–H groups in total. The van der Waals surface area contributed by atoms with Crippen LogP contribution in [-0.2, 0) is 11.0 Å². The van der Waals surface area contributed by atoms with Crippen molar-refractivity contribution in [2.24, 2.45) is 5.10 Å². The van der Waals surface area contributed by atoms with Gasteiger partial charge in [-0.05, 0) is 79.9 Å². The third-order valence-electron chi connectivity index (χ3n) is 6.78. The normalized spacial score (nSPS) is 12.6. The molecule has 1 amide bonds. The summed E-state index contributed by atoms with van der Waals surface area (Å²) in [5.41, 5.74) is 2.77. The highest BCUT2D eigenvalue weighted by molar-refractivity contribution is 6.30. The van der Waals surface area contributed by atoms with Gasteiger partial charge in [-0.2, -0.15) is 18.3 Å². The summed E-state index contributed by atoms with van der Waals surface area (Å²) in [4.78, 5) is 22.9. The molecule has 0 bridgehead atoms. The Labute approximate surface area is 260 Å². The number of nitrogens with zero attached hydrogens (tertiary/aromatic N) is 2. The molecule has 3 aromatic carbocycles. The minimum Gasteiger partial charge on any atom is -0.493 e. The lowest BCUT2D eigenvalue weighted by Crippen LogP contribution is -2.25.